The van der Waals surface area contributed by atoms with Gasteiger partial charge in [0, 0.05) is 15.4 Å². The van der Waals surface area contributed by atoms with Crippen LogP contribution in [0, 0.1) is 17.8 Å². The van der Waals surface area contributed by atoms with Gasteiger partial charge < -0.3 is 5.32 Å². The molecule has 2 aliphatic rings. The minimum Gasteiger partial charge on any atom is -0.312 e. The molecule has 0 spiro atoms. The van der Waals surface area contributed by atoms with Gasteiger partial charge >= 0.3 is 0 Å². The van der Waals surface area contributed by atoms with Crippen LogP contribution in [0.5, 0.6) is 0 Å². The average Bonchev–Trinajstić information content (AvgIpc) is 2.72. The van der Waals surface area contributed by atoms with Crippen LogP contribution < -0.4 is 5.32 Å². The van der Waals surface area contributed by atoms with Crippen molar-refractivity contribution in [3.05, 3.63) is 19.2 Å². The lowest BCUT2D eigenvalue weighted by molar-refractivity contribution is 0.364. The topological polar surface area (TPSA) is 12.0 Å². The zero-order valence-corrected chi connectivity index (χ0v) is 13.2. The van der Waals surface area contributed by atoms with Gasteiger partial charge in [0.1, 0.15) is 0 Å². The summed E-state index contributed by atoms with van der Waals surface area (Å²) in [6.07, 6.45) is 4.37. The quantitative estimate of drug-likeness (QED) is 0.827. The number of rotatable bonds is 3. The van der Waals surface area contributed by atoms with Crippen molar-refractivity contribution in [2.75, 3.05) is 7.05 Å². The summed E-state index contributed by atoms with van der Waals surface area (Å²) in [6, 6.07) is 2.82. The van der Waals surface area contributed by atoms with Crippen LogP contribution in [0.1, 0.15) is 30.2 Å². The van der Waals surface area contributed by atoms with Crippen molar-refractivity contribution < 1.29 is 0 Å². The third-order valence-corrected chi connectivity index (χ3v) is 7.37. The molecule has 4 heteroatoms. The lowest BCUT2D eigenvalue weighted by atomic mass is 9.93. The molecule has 88 valence electrons. The molecule has 1 aromatic heterocycles. The number of hydrogen-bond acceptors (Lipinski definition) is 2. The Morgan fingerprint density at radius 3 is 2.50 bits per heavy atom. The Hall–Kier alpha value is 0.620. The predicted molar refractivity (Wildman–Crippen MR) is 75.8 cm³/mol. The Kier molecular flexibility index (Phi) is 3.20. The Labute approximate surface area is 117 Å². The van der Waals surface area contributed by atoms with Gasteiger partial charge in [-0.1, -0.05) is 0 Å². The molecule has 0 bridgehead atoms. The second-order valence-electron chi connectivity index (χ2n) is 5.02. The maximum atomic E-state index is 3.59. The minimum atomic E-state index is 0.556. The molecular weight excluding hydrogens is 350 g/mol. The molecule has 3 rings (SSSR count). The molecule has 1 nitrogen and oxygen atoms in total. The van der Waals surface area contributed by atoms with Crippen molar-refractivity contribution in [2.24, 2.45) is 17.8 Å². The fourth-order valence-corrected chi connectivity index (χ4v) is 5.45. The smallest absolute Gasteiger partial charge is 0.0843 e. The Bertz CT molecular complexity index is 374. The summed E-state index contributed by atoms with van der Waals surface area (Å²) in [7, 11) is 2.09. The van der Waals surface area contributed by atoms with E-state index in [0.29, 0.717) is 6.04 Å². The third-order valence-electron chi connectivity index (χ3n) is 4.03. The largest absolute Gasteiger partial charge is 0.312 e. The van der Waals surface area contributed by atoms with Gasteiger partial charge in [0.05, 0.1) is 3.79 Å². The van der Waals surface area contributed by atoms with Crippen molar-refractivity contribution >= 4 is 43.2 Å². The van der Waals surface area contributed by atoms with E-state index in [9.17, 15) is 0 Å². The highest BCUT2D eigenvalue weighted by atomic mass is 79.9. The Balaban J connectivity index is 1.79. The summed E-state index contributed by atoms with van der Waals surface area (Å²) >= 11 is 9.02. The molecule has 1 aromatic rings. The SMILES string of the molecule is CNC(c1cc(Br)c(Br)s1)C1CC2CC2C1. The first-order valence-corrected chi connectivity index (χ1v) is 8.21. The highest BCUT2D eigenvalue weighted by molar-refractivity contribution is 9.13. The van der Waals surface area contributed by atoms with Gasteiger partial charge in [-0.15, -0.1) is 11.3 Å². The molecule has 3 unspecified atom stereocenters. The minimum absolute atomic E-state index is 0.556. The molecule has 3 atom stereocenters. The van der Waals surface area contributed by atoms with Crippen LogP contribution >= 0.6 is 43.2 Å². The molecule has 2 aliphatic carbocycles. The van der Waals surface area contributed by atoms with Crippen LogP contribution in [0.25, 0.3) is 0 Å². The predicted octanol–water partition coefficient (Wildman–Crippen LogP) is 4.58. The normalized spacial score (nSPS) is 33.8. The van der Waals surface area contributed by atoms with Gasteiger partial charge in [-0.05, 0) is 82.0 Å². The second-order valence-corrected chi connectivity index (χ2v) is 8.28. The molecule has 0 radical (unpaired) electrons. The Morgan fingerprint density at radius 2 is 2.00 bits per heavy atom. The van der Waals surface area contributed by atoms with Crippen molar-refractivity contribution in [3.8, 4) is 0 Å². The monoisotopic (exact) mass is 363 g/mol. The molecule has 2 saturated carbocycles. The van der Waals surface area contributed by atoms with E-state index < -0.39 is 0 Å². The van der Waals surface area contributed by atoms with Crippen LogP contribution in [-0.2, 0) is 0 Å². The molecule has 0 saturated heterocycles. The molecule has 1 heterocycles. The lowest BCUT2D eigenvalue weighted by Gasteiger charge is -2.23. The number of hydrogen-bond donors (Lipinski definition) is 1. The highest BCUT2D eigenvalue weighted by Gasteiger charge is 2.48. The van der Waals surface area contributed by atoms with E-state index in [-0.39, 0.29) is 0 Å². The van der Waals surface area contributed by atoms with E-state index in [1.807, 2.05) is 11.3 Å². The van der Waals surface area contributed by atoms with Gasteiger partial charge in [0.15, 0.2) is 0 Å². The highest BCUT2D eigenvalue weighted by Crippen LogP contribution is 2.57. The Morgan fingerprint density at radius 1 is 1.31 bits per heavy atom. The summed E-state index contributed by atoms with van der Waals surface area (Å²) in [5, 5.41) is 3.51. The maximum Gasteiger partial charge on any atom is 0.0843 e. The number of nitrogens with one attached hydrogen (secondary N) is 1. The van der Waals surface area contributed by atoms with E-state index in [4.69, 9.17) is 0 Å². The van der Waals surface area contributed by atoms with E-state index in [1.54, 1.807) is 0 Å². The summed E-state index contributed by atoms with van der Waals surface area (Å²) < 4.78 is 2.40. The summed E-state index contributed by atoms with van der Waals surface area (Å²) in [6.45, 7) is 0. The van der Waals surface area contributed by atoms with Gasteiger partial charge in [-0.2, -0.15) is 0 Å². The lowest BCUT2D eigenvalue weighted by Crippen LogP contribution is -2.23. The van der Waals surface area contributed by atoms with E-state index in [2.05, 4.69) is 50.3 Å². The zero-order chi connectivity index (χ0) is 11.3. The van der Waals surface area contributed by atoms with Gasteiger partial charge in [0.25, 0.3) is 0 Å². The molecular formula is C12H15Br2NS. The molecule has 0 amide bonds. The van der Waals surface area contributed by atoms with Crippen LogP contribution in [0.2, 0.25) is 0 Å². The first-order chi connectivity index (χ1) is 7.69. The van der Waals surface area contributed by atoms with Gasteiger partial charge in [-0.25, -0.2) is 0 Å². The van der Waals surface area contributed by atoms with Crippen LogP contribution in [0.3, 0.4) is 0 Å². The number of thiophene rings is 1. The number of halogens is 2. The molecule has 0 aliphatic heterocycles. The van der Waals surface area contributed by atoms with E-state index >= 15 is 0 Å². The number of fused-ring (bicyclic) bond motifs is 1. The summed E-state index contributed by atoms with van der Waals surface area (Å²) in [4.78, 5) is 1.47. The third kappa shape index (κ3) is 2.02. The molecule has 0 aromatic carbocycles. The van der Waals surface area contributed by atoms with Gasteiger partial charge in [0.2, 0.25) is 0 Å². The van der Waals surface area contributed by atoms with Crippen molar-refractivity contribution in [2.45, 2.75) is 25.3 Å². The van der Waals surface area contributed by atoms with Crippen molar-refractivity contribution in [1.82, 2.24) is 5.32 Å². The van der Waals surface area contributed by atoms with E-state index in [0.717, 1.165) is 17.8 Å². The van der Waals surface area contributed by atoms with Crippen molar-refractivity contribution in [3.63, 3.8) is 0 Å². The van der Waals surface area contributed by atoms with Crippen LogP contribution in [-0.4, -0.2) is 7.05 Å². The fourth-order valence-electron chi connectivity index (χ4n) is 3.16. The maximum absolute atomic E-state index is 3.59. The molecule has 2 fully saturated rings. The van der Waals surface area contributed by atoms with Crippen molar-refractivity contribution in [1.29, 1.82) is 0 Å². The molecule has 1 N–H and O–H groups in total. The second kappa shape index (κ2) is 4.38. The first kappa shape index (κ1) is 11.7. The summed E-state index contributed by atoms with van der Waals surface area (Å²) in [5.74, 6) is 2.98. The first-order valence-electron chi connectivity index (χ1n) is 5.81. The van der Waals surface area contributed by atoms with E-state index in [1.165, 1.54) is 32.4 Å². The summed E-state index contributed by atoms with van der Waals surface area (Å²) in [5.41, 5.74) is 0. The van der Waals surface area contributed by atoms with Crippen LogP contribution in [0.4, 0.5) is 0 Å². The average molecular weight is 365 g/mol. The van der Waals surface area contributed by atoms with Crippen LogP contribution in [0.15, 0.2) is 14.3 Å². The zero-order valence-electron chi connectivity index (χ0n) is 9.17. The van der Waals surface area contributed by atoms with Gasteiger partial charge in [-0.3, -0.25) is 0 Å². The standard InChI is InChI=1S/C12H15Br2NS/c1-15-11(8-3-6-2-7(6)4-8)10-5-9(13)12(14)16-10/h5-8,11,15H,2-4H2,1H3. The fraction of sp³-hybridized carbons (Fsp3) is 0.667. The molecule has 16 heavy (non-hydrogen) atoms.